The lowest BCUT2D eigenvalue weighted by molar-refractivity contribution is 0.157. The summed E-state index contributed by atoms with van der Waals surface area (Å²) in [6.45, 7) is 3.91. The molecule has 148 valence electrons. The third-order valence-electron chi connectivity index (χ3n) is 5.14. The van der Waals surface area contributed by atoms with Crippen molar-refractivity contribution in [2.45, 2.75) is 31.7 Å². The van der Waals surface area contributed by atoms with Gasteiger partial charge in [-0.2, -0.15) is 5.10 Å². The number of carbonyl (C=O) groups excluding carboxylic acids is 1. The van der Waals surface area contributed by atoms with Gasteiger partial charge in [0, 0.05) is 38.4 Å². The Hall–Kier alpha value is -2.87. The fourth-order valence-corrected chi connectivity index (χ4v) is 3.55. The molecule has 8 nitrogen and oxygen atoms in total. The lowest BCUT2D eigenvalue weighted by Gasteiger charge is -2.30. The molecule has 0 spiro atoms. The fourth-order valence-electron chi connectivity index (χ4n) is 3.55. The second-order valence-electron chi connectivity index (χ2n) is 7.20. The van der Waals surface area contributed by atoms with E-state index in [1.807, 2.05) is 42.3 Å². The molecule has 0 bridgehead atoms. The standard InChI is InChI=1S/C20H25N5O3/c1-14(13-27-2)25-12-9-18(23-25)22-20(26)24-10-7-15(8-11-24)19-21-16-5-3-4-6-17(16)28-19/h3-6,9,12,14-15H,7-8,10-11,13H2,1-2H3,(H,22,23,26). The number of methoxy groups -OCH3 is 1. The Bertz CT molecular complexity index is 909. The molecule has 2 amide bonds. The lowest BCUT2D eigenvalue weighted by Crippen LogP contribution is -2.40. The first-order chi connectivity index (χ1) is 13.6. The monoisotopic (exact) mass is 383 g/mol. The molecule has 1 N–H and O–H groups in total. The zero-order valence-corrected chi connectivity index (χ0v) is 16.2. The molecule has 0 saturated carbocycles. The first kappa shape index (κ1) is 18.5. The van der Waals surface area contributed by atoms with E-state index in [4.69, 9.17) is 9.15 Å². The zero-order chi connectivity index (χ0) is 19.5. The van der Waals surface area contributed by atoms with E-state index >= 15 is 0 Å². The molecule has 2 aromatic heterocycles. The number of fused-ring (bicyclic) bond motifs is 1. The number of rotatable bonds is 5. The Morgan fingerprint density at radius 3 is 2.86 bits per heavy atom. The van der Waals surface area contributed by atoms with Crippen molar-refractivity contribution in [1.82, 2.24) is 19.7 Å². The highest BCUT2D eigenvalue weighted by molar-refractivity contribution is 5.88. The summed E-state index contributed by atoms with van der Waals surface area (Å²) >= 11 is 0. The third kappa shape index (κ3) is 3.87. The van der Waals surface area contributed by atoms with E-state index in [2.05, 4.69) is 15.4 Å². The van der Waals surface area contributed by atoms with E-state index in [0.717, 1.165) is 29.8 Å². The molecule has 1 atom stereocenters. The number of aromatic nitrogens is 3. The molecule has 1 aromatic carbocycles. The first-order valence-corrected chi connectivity index (χ1v) is 9.59. The van der Waals surface area contributed by atoms with Gasteiger partial charge in [0.15, 0.2) is 17.3 Å². The van der Waals surface area contributed by atoms with Gasteiger partial charge >= 0.3 is 6.03 Å². The number of oxazole rings is 1. The van der Waals surface area contributed by atoms with Gasteiger partial charge in [-0.15, -0.1) is 0 Å². The van der Waals surface area contributed by atoms with E-state index in [-0.39, 0.29) is 18.0 Å². The molecule has 3 aromatic rings. The van der Waals surface area contributed by atoms with Gasteiger partial charge in [0.2, 0.25) is 0 Å². The number of benzene rings is 1. The molecular formula is C20H25N5O3. The minimum absolute atomic E-state index is 0.114. The topological polar surface area (TPSA) is 85.4 Å². The SMILES string of the molecule is COCC(C)n1ccc(NC(=O)N2CCC(c3nc4ccccc4o3)CC2)n1. The highest BCUT2D eigenvalue weighted by atomic mass is 16.5. The van der Waals surface area contributed by atoms with E-state index < -0.39 is 0 Å². The minimum Gasteiger partial charge on any atom is -0.440 e. The summed E-state index contributed by atoms with van der Waals surface area (Å²) in [5, 5.41) is 7.28. The maximum absolute atomic E-state index is 12.6. The van der Waals surface area contributed by atoms with Crippen LogP contribution in [0.3, 0.4) is 0 Å². The predicted molar refractivity (Wildman–Crippen MR) is 105 cm³/mol. The van der Waals surface area contributed by atoms with Crippen molar-refractivity contribution in [3.05, 3.63) is 42.4 Å². The van der Waals surface area contributed by atoms with Crippen molar-refractivity contribution in [3.63, 3.8) is 0 Å². The van der Waals surface area contributed by atoms with Gasteiger partial charge in [0.05, 0.1) is 12.6 Å². The smallest absolute Gasteiger partial charge is 0.323 e. The molecule has 0 aliphatic carbocycles. The number of hydrogen-bond donors (Lipinski definition) is 1. The molecular weight excluding hydrogens is 358 g/mol. The largest absolute Gasteiger partial charge is 0.440 e. The van der Waals surface area contributed by atoms with E-state index in [1.54, 1.807) is 17.9 Å². The summed E-state index contributed by atoms with van der Waals surface area (Å²) in [6, 6.07) is 9.58. The summed E-state index contributed by atoms with van der Waals surface area (Å²) in [7, 11) is 1.66. The lowest BCUT2D eigenvalue weighted by atomic mass is 9.97. The van der Waals surface area contributed by atoms with Gasteiger partial charge in [-0.3, -0.25) is 10.00 Å². The van der Waals surface area contributed by atoms with Crippen molar-refractivity contribution >= 4 is 22.9 Å². The van der Waals surface area contributed by atoms with Crippen molar-refractivity contribution in [2.75, 3.05) is 32.1 Å². The van der Waals surface area contributed by atoms with Crippen LogP contribution in [-0.2, 0) is 4.74 Å². The van der Waals surface area contributed by atoms with Gasteiger partial charge < -0.3 is 14.1 Å². The van der Waals surface area contributed by atoms with Crippen molar-refractivity contribution in [2.24, 2.45) is 0 Å². The number of amides is 2. The van der Waals surface area contributed by atoms with Gasteiger partial charge in [-0.1, -0.05) is 12.1 Å². The van der Waals surface area contributed by atoms with Gasteiger partial charge in [-0.25, -0.2) is 9.78 Å². The quantitative estimate of drug-likeness (QED) is 0.727. The van der Waals surface area contributed by atoms with Crippen molar-refractivity contribution < 1.29 is 13.9 Å². The third-order valence-corrected chi connectivity index (χ3v) is 5.14. The molecule has 8 heteroatoms. The van der Waals surface area contributed by atoms with Crippen LogP contribution in [-0.4, -0.2) is 52.5 Å². The number of para-hydroxylation sites is 2. The number of carbonyl (C=O) groups is 1. The van der Waals surface area contributed by atoms with Crippen LogP contribution in [0.15, 0.2) is 40.9 Å². The highest BCUT2D eigenvalue weighted by Gasteiger charge is 2.27. The number of hydrogen-bond acceptors (Lipinski definition) is 5. The Morgan fingerprint density at radius 1 is 1.32 bits per heavy atom. The Morgan fingerprint density at radius 2 is 2.11 bits per heavy atom. The van der Waals surface area contributed by atoms with Gasteiger partial charge in [-0.05, 0) is 31.9 Å². The molecule has 3 heterocycles. The summed E-state index contributed by atoms with van der Waals surface area (Å²) in [4.78, 5) is 19.0. The van der Waals surface area contributed by atoms with E-state index in [1.165, 1.54) is 0 Å². The minimum atomic E-state index is -0.124. The number of ether oxygens (including phenoxy) is 1. The normalized spacial score (nSPS) is 16.4. The summed E-state index contributed by atoms with van der Waals surface area (Å²) in [6.07, 6.45) is 3.51. The molecule has 4 rings (SSSR count). The maximum atomic E-state index is 12.6. The predicted octanol–water partition coefficient (Wildman–Crippen LogP) is 3.64. The summed E-state index contributed by atoms with van der Waals surface area (Å²) in [5.41, 5.74) is 1.70. The van der Waals surface area contributed by atoms with Crippen molar-refractivity contribution in [1.29, 1.82) is 0 Å². The number of likely N-dealkylation sites (tertiary alicyclic amines) is 1. The number of nitrogens with zero attached hydrogens (tertiary/aromatic N) is 4. The second-order valence-corrected chi connectivity index (χ2v) is 7.20. The average Bonchev–Trinajstić information content (AvgIpc) is 3.35. The molecule has 1 unspecified atom stereocenters. The van der Waals surface area contributed by atoms with Gasteiger partial charge in [0.1, 0.15) is 5.52 Å². The van der Waals surface area contributed by atoms with E-state index in [0.29, 0.717) is 25.5 Å². The van der Waals surface area contributed by atoms with Crippen LogP contribution < -0.4 is 5.32 Å². The maximum Gasteiger partial charge on any atom is 0.323 e. The van der Waals surface area contributed by atoms with Crippen LogP contribution in [0.4, 0.5) is 10.6 Å². The zero-order valence-electron chi connectivity index (χ0n) is 16.2. The molecule has 1 saturated heterocycles. The van der Waals surface area contributed by atoms with E-state index in [9.17, 15) is 4.79 Å². The van der Waals surface area contributed by atoms with Crippen LogP contribution >= 0.6 is 0 Å². The molecule has 0 radical (unpaired) electrons. The molecule has 1 aliphatic heterocycles. The number of nitrogens with one attached hydrogen (secondary N) is 1. The Labute approximate surface area is 163 Å². The van der Waals surface area contributed by atoms with Crippen LogP contribution in [0, 0.1) is 0 Å². The first-order valence-electron chi connectivity index (χ1n) is 9.59. The Balaban J connectivity index is 1.32. The van der Waals surface area contributed by atoms with Gasteiger partial charge in [0.25, 0.3) is 0 Å². The van der Waals surface area contributed by atoms with Crippen molar-refractivity contribution in [3.8, 4) is 0 Å². The summed E-state index contributed by atoms with van der Waals surface area (Å²) < 4.78 is 12.8. The fraction of sp³-hybridized carbons (Fsp3) is 0.450. The number of piperidine rings is 1. The second kappa shape index (κ2) is 8.02. The van der Waals surface area contributed by atoms with Crippen LogP contribution in [0.5, 0.6) is 0 Å². The molecule has 28 heavy (non-hydrogen) atoms. The van der Waals surface area contributed by atoms with Crippen LogP contribution in [0.25, 0.3) is 11.1 Å². The average molecular weight is 383 g/mol. The number of urea groups is 1. The summed E-state index contributed by atoms with van der Waals surface area (Å²) in [5.74, 6) is 1.56. The Kier molecular flexibility index (Phi) is 5.29. The highest BCUT2D eigenvalue weighted by Crippen LogP contribution is 2.30. The number of anilines is 1. The van der Waals surface area contributed by atoms with Crippen LogP contribution in [0.2, 0.25) is 0 Å². The molecule has 1 fully saturated rings. The van der Waals surface area contributed by atoms with Crippen LogP contribution in [0.1, 0.15) is 37.6 Å². The molecule has 1 aliphatic rings.